The molecule has 0 aromatic heterocycles. The van der Waals surface area contributed by atoms with Crippen LogP contribution in [0.25, 0.3) is 0 Å². The second kappa shape index (κ2) is 14.7. The lowest BCUT2D eigenvalue weighted by atomic mass is 9.98. The molecular formula is C21H38Br2O2S. The van der Waals surface area contributed by atoms with Crippen LogP contribution in [0.1, 0.15) is 97.3 Å². The number of carbonyl (C=O) groups excluding carboxylic acids is 1. The summed E-state index contributed by atoms with van der Waals surface area (Å²) in [6, 6.07) is 0. The van der Waals surface area contributed by atoms with Crippen molar-refractivity contribution in [2.45, 2.75) is 106 Å². The molecule has 2 nitrogen and oxygen atoms in total. The number of hydrogen-bond donors (Lipinski definition) is 0. The van der Waals surface area contributed by atoms with E-state index in [1.54, 1.807) is 0 Å². The van der Waals surface area contributed by atoms with Gasteiger partial charge in [0, 0.05) is 11.7 Å². The third kappa shape index (κ3) is 10.4. The average Bonchev–Trinajstić information content (AvgIpc) is 2.88. The number of unbranched alkanes of at least 4 members (excludes halogenated alkanes) is 7. The fourth-order valence-electron chi connectivity index (χ4n) is 3.75. The predicted molar refractivity (Wildman–Crippen MR) is 123 cm³/mol. The molecule has 1 fully saturated rings. The molecule has 0 amide bonds. The van der Waals surface area contributed by atoms with Gasteiger partial charge in [-0.1, -0.05) is 83.7 Å². The summed E-state index contributed by atoms with van der Waals surface area (Å²) in [7, 11) is 0. The van der Waals surface area contributed by atoms with Gasteiger partial charge >= 0.3 is 5.97 Å². The molecule has 0 aromatic rings. The zero-order valence-corrected chi connectivity index (χ0v) is 20.7. The highest BCUT2D eigenvalue weighted by atomic mass is 79.9. The van der Waals surface area contributed by atoms with Crippen molar-refractivity contribution in [2.24, 2.45) is 5.92 Å². The largest absolute Gasteiger partial charge is 0.466 e. The Kier molecular flexibility index (Phi) is 14.1. The van der Waals surface area contributed by atoms with Crippen LogP contribution in [0.15, 0.2) is 0 Å². The van der Waals surface area contributed by atoms with Crippen molar-refractivity contribution in [1.29, 1.82) is 0 Å². The fraction of sp³-hybridized carbons (Fsp3) is 0.952. The number of halogens is 2. The minimum atomic E-state index is -0.0429. The van der Waals surface area contributed by atoms with Gasteiger partial charge in [-0.3, -0.25) is 4.79 Å². The molecule has 2 unspecified atom stereocenters. The van der Waals surface area contributed by atoms with E-state index in [-0.39, 0.29) is 9.20 Å². The maximum absolute atomic E-state index is 11.4. The van der Waals surface area contributed by atoms with Gasteiger partial charge < -0.3 is 4.74 Å². The molecule has 0 bridgehead atoms. The van der Waals surface area contributed by atoms with Crippen molar-refractivity contribution in [2.75, 3.05) is 12.4 Å². The molecule has 0 N–H and O–H groups in total. The SMILES string of the molecule is CCCCCCCSC1CCC(Br)(Br)C1CCCCCCC(=O)OCC. The molecule has 5 heteroatoms. The molecule has 0 radical (unpaired) electrons. The van der Waals surface area contributed by atoms with E-state index in [0.29, 0.717) is 18.9 Å². The second-order valence-corrected chi connectivity index (χ2v) is 12.7. The topological polar surface area (TPSA) is 26.3 Å². The summed E-state index contributed by atoms with van der Waals surface area (Å²) in [5.74, 6) is 1.99. The van der Waals surface area contributed by atoms with Crippen LogP contribution < -0.4 is 0 Å². The lowest BCUT2D eigenvalue weighted by Gasteiger charge is -2.27. The van der Waals surface area contributed by atoms with Crippen molar-refractivity contribution >= 4 is 49.6 Å². The highest BCUT2D eigenvalue weighted by Gasteiger charge is 2.44. The van der Waals surface area contributed by atoms with Gasteiger partial charge in [0.1, 0.15) is 0 Å². The Morgan fingerprint density at radius 1 is 1.04 bits per heavy atom. The van der Waals surface area contributed by atoms with Crippen molar-refractivity contribution in [3.05, 3.63) is 0 Å². The average molecular weight is 514 g/mol. The number of thioether (sulfide) groups is 1. The van der Waals surface area contributed by atoms with Gasteiger partial charge in [0.2, 0.25) is 0 Å². The van der Waals surface area contributed by atoms with E-state index >= 15 is 0 Å². The van der Waals surface area contributed by atoms with Crippen LogP contribution in [-0.2, 0) is 9.53 Å². The van der Waals surface area contributed by atoms with Gasteiger partial charge in [0.05, 0.1) is 9.84 Å². The lowest BCUT2D eigenvalue weighted by Crippen LogP contribution is -2.24. The third-order valence-corrected chi connectivity index (χ3v) is 8.77. The van der Waals surface area contributed by atoms with Crippen LogP contribution in [0.2, 0.25) is 0 Å². The molecule has 1 aliphatic carbocycles. The Morgan fingerprint density at radius 3 is 2.46 bits per heavy atom. The molecule has 26 heavy (non-hydrogen) atoms. The van der Waals surface area contributed by atoms with E-state index in [4.69, 9.17) is 4.74 Å². The minimum Gasteiger partial charge on any atom is -0.466 e. The molecule has 0 saturated heterocycles. The van der Waals surface area contributed by atoms with E-state index in [0.717, 1.165) is 18.1 Å². The van der Waals surface area contributed by atoms with Crippen molar-refractivity contribution in [1.82, 2.24) is 0 Å². The maximum Gasteiger partial charge on any atom is 0.305 e. The van der Waals surface area contributed by atoms with Gasteiger partial charge in [-0.15, -0.1) is 0 Å². The van der Waals surface area contributed by atoms with Crippen molar-refractivity contribution in [3.8, 4) is 0 Å². The van der Waals surface area contributed by atoms with Gasteiger partial charge in [0.25, 0.3) is 0 Å². The highest BCUT2D eigenvalue weighted by Crippen LogP contribution is 2.53. The third-order valence-electron chi connectivity index (χ3n) is 5.28. The monoisotopic (exact) mass is 512 g/mol. The van der Waals surface area contributed by atoms with Crippen molar-refractivity contribution in [3.63, 3.8) is 0 Å². The number of ether oxygens (including phenoxy) is 1. The van der Waals surface area contributed by atoms with Crippen molar-refractivity contribution < 1.29 is 9.53 Å². The van der Waals surface area contributed by atoms with Crippen LogP contribution >= 0.6 is 43.6 Å². The van der Waals surface area contributed by atoms with Crippen LogP contribution in [-0.4, -0.2) is 26.8 Å². The number of carbonyl (C=O) groups is 1. The van der Waals surface area contributed by atoms with E-state index in [9.17, 15) is 4.79 Å². The van der Waals surface area contributed by atoms with E-state index in [2.05, 4.69) is 50.5 Å². The summed E-state index contributed by atoms with van der Waals surface area (Å²) in [5.41, 5.74) is 0. The van der Waals surface area contributed by atoms with Gasteiger partial charge in [-0.25, -0.2) is 0 Å². The zero-order chi connectivity index (χ0) is 19.3. The number of hydrogen-bond acceptors (Lipinski definition) is 3. The van der Waals surface area contributed by atoms with E-state index in [1.165, 1.54) is 70.0 Å². The Morgan fingerprint density at radius 2 is 1.73 bits per heavy atom. The molecule has 0 aromatic carbocycles. The Balaban J connectivity index is 2.18. The maximum atomic E-state index is 11.4. The minimum absolute atomic E-state index is 0.0429. The molecule has 1 rings (SSSR count). The predicted octanol–water partition coefficient (Wildman–Crippen LogP) is 7.86. The summed E-state index contributed by atoms with van der Waals surface area (Å²) in [5, 5.41) is 0.791. The second-order valence-electron chi connectivity index (χ2n) is 7.49. The van der Waals surface area contributed by atoms with Crippen LogP contribution in [0, 0.1) is 5.92 Å². The summed E-state index contributed by atoms with van der Waals surface area (Å²) < 4.78 is 5.13. The number of rotatable bonds is 15. The summed E-state index contributed by atoms with van der Waals surface area (Å²) in [4.78, 5) is 11.4. The standard InChI is InChI=1S/C21H38Br2O2S/c1-3-5-6-9-12-17-26-19-15-16-21(22,23)18(19)13-10-7-8-11-14-20(24)25-4-2/h18-19H,3-17H2,1-2H3. The first-order valence-corrected chi connectivity index (χ1v) is 13.3. The molecule has 154 valence electrons. The van der Waals surface area contributed by atoms with E-state index < -0.39 is 0 Å². The zero-order valence-electron chi connectivity index (χ0n) is 16.7. The molecule has 2 atom stereocenters. The summed E-state index contributed by atoms with van der Waals surface area (Å²) >= 11 is 10.1. The molecule has 1 aliphatic rings. The molecule has 0 spiro atoms. The molecule has 0 heterocycles. The Hall–Kier alpha value is 0.780. The first-order valence-electron chi connectivity index (χ1n) is 10.7. The van der Waals surface area contributed by atoms with E-state index in [1.807, 2.05) is 6.92 Å². The lowest BCUT2D eigenvalue weighted by molar-refractivity contribution is -0.143. The molecular weight excluding hydrogens is 476 g/mol. The highest BCUT2D eigenvalue weighted by molar-refractivity contribution is 9.25. The summed E-state index contributed by atoms with van der Waals surface area (Å²) in [6.45, 7) is 4.64. The van der Waals surface area contributed by atoms with Crippen LogP contribution in [0.4, 0.5) is 0 Å². The number of esters is 1. The van der Waals surface area contributed by atoms with Crippen LogP contribution in [0.3, 0.4) is 0 Å². The quantitative estimate of drug-likeness (QED) is 0.126. The van der Waals surface area contributed by atoms with Gasteiger partial charge in [-0.2, -0.15) is 11.8 Å². The van der Waals surface area contributed by atoms with Gasteiger partial charge in [0.15, 0.2) is 0 Å². The summed E-state index contributed by atoms with van der Waals surface area (Å²) in [6.07, 6.45) is 15.9. The normalized spacial score (nSPS) is 21.8. The van der Waals surface area contributed by atoms with Crippen LogP contribution in [0.5, 0.6) is 0 Å². The Bertz CT molecular complexity index is 377. The molecule has 0 aliphatic heterocycles. The smallest absolute Gasteiger partial charge is 0.305 e. The molecule has 1 saturated carbocycles. The van der Waals surface area contributed by atoms with Gasteiger partial charge in [-0.05, 0) is 50.7 Å². The Labute approximate surface area is 182 Å². The first kappa shape index (κ1) is 24.8. The number of alkyl halides is 2. The fourth-order valence-corrected chi connectivity index (χ4v) is 7.21. The first-order chi connectivity index (χ1) is 12.5.